The Morgan fingerprint density at radius 3 is 2.47 bits per heavy atom. The molecule has 1 aromatic heterocycles. The number of thioether (sulfide) groups is 1. The summed E-state index contributed by atoms with van der Waals surface area (Å²) >= 11 is 1.18. The second-order valence-electron chi connectivity index (χ2n) is 7.98. The minimum atomic E-state index is -0.322. The zero-order chi connectivity index (χ0) is 25.7. The monoisotopic (exact) mass is 502 g/mol. The van der Waals surface area contributed by atoms with Crippen LogP contribution in [0.3, 0.4) is 0 Å². The number of aromatic nitrogens is 2. The van der Waals surface area contributed by atoms with Crippen molar-refractivity contribution in [2.75, 3.05) is 20.0 Å². The summed E-state index contributed by atoms with van der Waals surface area (Å²) in [5, 5.41) is 5.16. The fourth-order valence-corrected chi connectivity index (χ4v) is 4.37. The summed E-state index contributed by atoms with van der Waals surface area (Å²) in [5.41, 5.74) is 6.13. The molecule has 0 aliphatic heterocycles. The van der Waals surface area contributed by atoms with Crippen molar-refractivity contribution in [3.63, 3.8) is 0 Å². The van der Waals surface area contributed by atoms with E-state index < -0.39 is 0 Å². The highest BCUT2D eigenvalue weighted by Crippen LogP contribution is 2.27. The molecule has 0 aliphatic carbocycles. The highest BCUT2D eigenvalue weighted by atomic mass is 32.2. The van der Waals surface area contributed by atoms with Crippen LogP contribution in [-0.4, -0.2) is 41.1 Å². The Hall–Kier alpha value is -4.11. The number of hydrogen-bond donors (Lipinski definition) is 1. The number of hydrazone groups is 1. The quantitative estimate of drug-likeness (QED) is 0.167. The van der Waals surface area contributed by atoms with Crippen molar-refractivity contribution in [2.24, 2.45) is 5.10 Å². The molecule has 8 nitrogen and oxygen atoms in total. The normalized spacial score (nSPS) is 11.4. The van der Waals surface area contributed by atoms with Crippen LogP contribution in [0.15, 0.2) is 81.8 Å². The number of carbonyl (C=O) groups excluding carboxylic acids is 1. The molecule has 0 radical (unpaired) electrons. The number of rotatable bonds is 8. The van der Waals surface area contributed by atoms with Gasteiger partial charge in [0.05, 0.1) is 42.3 Å². The van der Waals surface area contributed by atoms with Crippen LogP contribution in [0.25, 0.3) is 16.6 Å². The van der Waals surface area contributed by atoms with E-state index in [2.05, 4.69) is 15.5 Å². The Morgan fingerprint density at radius 1 is 1.03 bits per heavy atom. The summed E-state index contributed by atoms with van der Waals surface area (Å²) < 4.78 is 12.1. The number of ether oxygens (including phenoxy) is 2. The number of nitrogens with one attached hydrogen (secondary N) is 1. The molecule has 0 spiro atoms. The van der Waals surface area contributed by atoms with Crippen molar-refractivity contribution < 1.29 is 14.3 Å². The summed E-state index contributed by atoms with van der Waals surface area (Å²) in [6.45, 7) is 3.77. The molecular weight excluding hydrogens is 476 g/mol. The number of amides is 1. The molecule has 4 aromatic rings. The molecule has 0 saturated carbocycles. The molecule has 36 heavy (non-hydrogen) atoms. The first-order chi connectivity index (χ1) is 17.4. The highest BCUT2D eigenvalue weighted by Gasteiger charge is 2.15. The fourth-order valence-electron chi connectivity index (χ4n) is 3.57. The average molecular weight is 503 g/mol. The Morgan fingerprint density at radius 2 is 1.75 bits per heavy atom. The number of fused-ring (bicyclic) bond motifs is 1. The first-order valence-corrected chi connectivity index (χ1v) is 12.2. The topological polar surface area (TPSA) is 94.8 Å². The van der Waals surface area contributed by atoms with E-state index in [1.807, 2.05) is 49.4 Å². The lowest BCUT2D eigenvalue weighted by Gasteiger charge is -2.13. The van der Waals surface area contributed by atoms with Gasteiger partial charge in [0.25, 0.3) is 11.5 Å². The lowest BCUT2D eigenvalue weighted by Crippen LogP contribution is -2.24. The molecule has 1 amide bonds. The maximum absolute atomic E-state index is 13.3. The molecule has 0 fully saturated rings. The molecule has 0 bridgehead atoms. The largest absolute Gasteiger partial charge is 0.493 e. The van der Waals surface area contributed by atoms with E-state index in [4.69, 9.17) is 9.47 Å². The fraction of sp³-hybridized carbons (Fsp3) is 0.185. The summed E-state index contributed by atoms with van der Waals surface area (Å²) in [6.07, 6.45) is 0. The third-order valence-electron chi connectivity index (χ3n) is 5.52. The SMILES string of the molecule is COc1ccc(C(C)=NNC(=O)CSc2nc3ccccc3c(=O)n2-c2ccc(C)cc2)cc1OC. The van der Waals surface area contributed by atoms with Gasteiger partial charge in [-0.1, -0.05) is 41.6 Å². The van der Waals surface area contributed by atoms with E-state index in [9.17, 15) is 9.59 Å². The van der Waals surface area contributed by atoms with Gasteiger partial charge in [0.2, 0.25) is 0 Å². The number of methoxy groups -OCH3 is 2. The first-order valence-electron chi connectivity index (χ1n) is 11.2. The van der Waals surface area contributed by atoms with Gasteiger partial charge in [-0.15, -0.1) is 0 Å². The minimum Gasteiger partial charge on any atom is -0.493 e. The van der Waals surface area contributed by atoms with Crippen molar-refractivity contribution in [1.82, 2.24) is 15.0 Å². The van der Waals surface area contributed by atoms with Gasteiger partial charge in [-0.05, 0) is 56.3 Å². The van der Waals surface area contributed by atoms with Crippen LogP contribution in [0.4, 0.5) is 0 Å². The maximum Gasteiger partial charge on any atom is 0.266 e. The van der Waals surface area contributed by atoms with Crippen LogP contribution in [-0.2, 0) is 4.79 Å². The Labute approximate surface area is 213 Å². The van der Waals surface area contributed by atoms with Crippen LogP contribution in [0.2, 0.25) is 0 Å². The molecule has 1 heterocycles. The number of nitrogens with zero attached hydrogens (tertiary/aromatic N) is 3. The van der Waals surface area contributed by atoms with E-state index in [-0.39, 0.29) is 17.2 Å². The van der Waals surface area contributed by atoms with Crippen LogP contribution in [0, 0.1) is 6.92 Å². The number of benzene rings is 3. The van der Waals surface area contributed by atoms with Crippen molar-refractivity contribution in [1.29, 1.82) is 0 Å². The van der Waals surface area contributed by atoms with E-state index >= 15 is 0 Å². The number of para-hydroxylation sites is 1. The zero-order valence-electron chi connectivity index (χ0n) is 20.4. The standard InChI is InChI=1S/C27H26N4O4S/c1-17-9-12-20(13-10-17)31-26(33)21-7-5-6-8-22(21)28-27(31)36-16-25(32)30-29-18(2)19-11-14-23(34-3)24(15-19)35-4/h5-15H,16H2,1-4H3,(H,30,32). The summed E-state index contributed by atoms with van der Waals surface area (Å²) in [5.74, 6) is 0.886. The van der Waals surface area contributed by atoms with Crippen molar-refractivity contribution in [3.8, 4) is 17.2 Å². The van der Waals surface area contributed by atoms with Crippen molar-refractivity contribution >= 4 is 34.3 Å². The van der Waals surface area contributed by atoms with E-state index in [0.29, 0.717) is 39.0 Å². The molecule has 4 rings (SSSR count). The van der Waals surface area contributed by atoms with Crippen LogP contribution in [0.5, 0.6) is 11.5 Å². The molecular formula is C27H26N4O4S. The van der Waals surface area contributed by atoms with Crippen LogP contribution < -0.4 is 20.5 Å². The van der Waals surface area contributed by atoms with Gasteiger partial charge in [0, 0.05) is 5.56 Å². The summed E-state index contributed by atoms with van der Waals surface area (Å²) in [6, 6.07) is 20.2. The minimum absolute atomic E-state index is 0.0271. The van der Waals surface area contributed by atoms with E-state index in [1.165, 1.54) is 16.3 Å². The number of carbonyl (C=O) groups is 1. The lowest BCUT2D eigenvalue weighted by atomic mass is 10.1. The average Bonchev–Trinajstić information content (AvgIpc) is 2.91. The lowest BCUT2D eigenvalue weighted by molar-refractivity contribution is -0.118. The third kappa shape index (κ3) is 5.41. The Kier molecular flexibility index (Phi) is 7.70. The molecule has 0 saturated heterocycles. The van der Waals surface area contributed by atoms with Crippen molar-refractivity contribution in [2.45, 2.75) is 19.0 Å². The van der Waals surface area contributed by atoms with Gasteiger partial charge >= 0.3 is 0 Å². The van der Waals surface area contributed by atoms with Crippen molar-refractivity contribution in [3.05, 3.63) is 88.2 Å². The Bertz CT molecular complexity index is 1500. The molecule has 0 aliphatic rings. The third-order valence-corrected chi connectivity index (χ3v) is 6.46. The zero-order valence-corrected chi connectivity index (χ0v) is 21.3. The van der Waals surface area contributed by atoms with Gasteiger partial charge in [0.1, 0.15) is 0 Å². The molecule has 0 unspecified atom stereocenters. The summed E-state index contributed by atoms with van der Waals surface area (Å²) in [4.78, 5) is 30.6. The van der Waals surface area contributed by atoms with Gasteiger partial charge < -0.3 is 9.47 Å². The maximum atomic E-state index is 13.3. The number of hydrogen-bond acceptors (Lipinski definition) is 7. The predicted molar refractivity (Wildman–Crippen MR) is 143 cm³/mol. The molecule has 3 aromatic carbocycles. The number of aryl methyl sites for hydroxylation is 1. The smallest absolute Gasteiger partial charge is 0.266 e. The summed E-state index contributed by atoms with van der Waals surface area (Å²) in [7, 11) is 3.13. The molecule has 0 atom stereocenters. The molecule has 9 heteroatoms. The second-order valence-corrected chi connectivity index (χ2v) is 8.92. The Balaban J connectivity index is 1.55. The second kappa shape index (κ2) is 11.1. The van der Waals surface area contributed by atoms with Gasteiger partial charge in [-0.2, -0.15) is 5.10 Å². The van der Waals surface area contributed by atoms with E-state index in [1.54, 1.807) is 45.4 Å². The highest BCUT2D eigenvalue weighted by molar-refractivity contribution is 7.99. The van der Waals surface area contributed by atoms with Gasteiger partial charge in [-0.3, -0.25) is 14.2 Å². The van der Waals surface area contributed by atoms with Crippen LogP contribution >= 0.6 is 11.8 Å². The first kappa shape index (κ1) is 25.0. The molecule has 1 N–H and O–H groups in total. The molecule has 184 valence electrons. The van der Waals surface area contributed by atoms with Gasteiger partial charge in [0.15, 0.2) is 16.7 Å². The predicted octanol–water partition coefficient (Wildman–Crippen LogP) is 4.34. The van der Waals surface area contributed by atoms with Crippen LogP contribution in [0.1, 0.15) is 18.1 Å². The van der Waals surface area contributed by atoms with E-state index in [0.717, 1.165) is 11.1 Å². The van der Waals surface area contributed by atoms with Gasteiger partial charge in [-0.25, -0.2) is 10.4 Å².